The van der Waals surface area contributed by atoms with Crippen molar-refractivity contribution in [2.75, 3.05) is 17.3 Å². The lowest BCUT2D eigenvalue weighted by Gasteiger charge is -2.28. The number of nitrogens with zero attached hydrogens (tertiary/aromatic N) is 1. The fourth-order valence-corrected chi connectivity index (χ4v) is 4.33. The molecule has 5 nitrogen and oxygen atoms in total. The van der Waals surface area contributed by atoms with Crippen molar-refractivity contribution >= 4 is 21.4 Å². The number of hydrogen-bond donors (Lipinski definition) is 0. The molecule has 0 saturated heterocycles. The summed E-state index contributed by atoms with van der Waals surface area (Å²) >= 11 is 0. The van der Waals surface area contributed by atoms with E-state index in [0.717, 1.165) is 11.1 Å². The SMILES string of the molecule is Cc1cc(C)cc(N(C(=O)COc2ccccc2)C2C=CS(=O)(=O)C2)c1. The van der Waals surface area contributed by atoms with Gasteiger partial charge in [0, 0.05) is 11.1 Å². The first kappa shape index (κ1) is 18.2. The van der Waals surface area contributed by atoms with Gasteiger partial charge < -0.3 is 9.64 Å². The van der Waals surface area contributed by atoms with Gasteiger partial charge >= 0.3 is 0 Å². The van der Waals surface area contributed by atoms with Gasteiger partial charge in [-0.3, -0.25) is 4.79 Å². The Kier molecular flexibility index (Phi) is 5.13. The normalized spacial score (nSPS) is 17.8. The molecule has 0 spiro atoms. The highest BCUT2D eigenvalue weighted by atomic mass is 32.2. The number of hydrogen-bond acceptors (Lipinski definition) is 4. The van der Waals surface area contributed by atoms with E-state index in [1.165, 1.54) is 10.3 Å². The van der Waals surface area contributed by atoms with Crippen LogP contribution >= 0.6 is 0 Å². The molecule has 1 atom stereocenters. The van der Waals surface area contributed by atoms with Crippen LogP contribution in [-0.4, -0.2) is 32.7 Å². The van der Waals surface area contributed by atoms with Gasteiger partial charge in [0.1, 0.15) is 5.75 Å². The van der Waals surface area contributed by atoms with Crippen LogP contribution < -0.4 is 9.64 Å². The van der Waals surface area contributed by atoms with Gasteiger partial charge in [-0.05, 0) is 55.3 Å². The predicted molar refractivity (Wildman–Crippen MR) is 102 cm³/mol. The summed E-state index contributed by atoms with van der Waals surface area (Å²) in [5.74, 6) is 0.193. The lowest BCUT2D eigenvalue weighted by atomic mass is 10.1. The van der Waals surface area contributed by atoms with Crippen molar-refractivity contribution in [3.8, 4) is 5.75 Å². The summed E-state index contributed by atoms with van der Waals surface area (Å²) < 4.78 is 29.3. The Morgan fingerprint density at radius 2 is 1.77 bits per heavy atom. The first-order valence-corrected chi connectivity index (χ1v) is 10.0. The number of para-hydroxylation sites is 1. The van der Waals surface area contributed by atoms with Crippen LogP contribution in [0.2, 0.25) is 0 Å². The van der Waals surface area contributed by atoms with Crippen molar-refractivity contribution in [3.63, 3.8) is 0 Å². The minimum atomic E-state index is -3.28. The standard InChI is InChI=1S/C20H21NO4S/c1-15-10-16(2)12-18(11-15)21(17-8-9-26(23,24)14-17)20(22)13-25-19-6-4-3-5-7-19/h3-12,17H,13-14H2,1-2H3. The maximum atomic E-state index is 12.9. The smallest absolute Gasteiger partial charge is 0.265 e. The van der Waals surface area contributed by atoms with E-state index in [1.807, 2.05) is 50.2 Å². The molecule has 26 heavy (non-hydrogen) atoms. The Hall–Kier alpha value is -2.60. The van der Waals surface area contributed by atoms with Gasteiger partial charge in [-0.25, -0.2) is 8.42 Å². The van der Waals surface area contributed by atoms with E-state index in [1.54, 1.807) is 18.2 Å². The minimum Gasteiger partial charge on any atom is -0.484 e. The second-order valence-corrected chi connectivity index (χ2v) is 8.37. The molecule has 2 aromatic carbocycles. The van der Waals surface area contributed by atoms with Crippen LogP contribution in [0.25, 0.3) is 0 Å². The second-order valence-electron chi connectivity index (χ2n) is 6.44. The number of anilines is 1. The van der Waals surface area contributed by atoms with Crippen molar-refractivity contribution in [1.29, 1.82) is 0 Å². The Morgan fingerprint density at radius 1 is 1.12 bits per heavy atom. The number of carbonyl (C=O) groups excluding carboxylic acids is 1. The molecule has 0 radical (unpaired) electrons. The Balaban J connectivity index is 1.87. The van der Waals surface area contributed by atoms with Crippen molar-refractivity contribution in [2.45, 2.75) is 19.9 Å². The highest BCUT2D eigenvalue weighted by molar-refractivity contribution is 7.94. The number of benzene rings is 2. The maximum Gasteiger partial charge on any atom is 0.265 e. The average Bonchev–Trinajstić information content (AvgIpc) is 2.93. The zero-order valence-corrected chi connectivity index (χ0v) is 15.6. The van der Waals surface area contributed by atoms with Crippen LogP contribution in [0.5, 0.6) is 5.75 Å². The Labute approximate surface area is 153 Å². The molecule has 6 heteroatoms. The number of rotatable bonds is 5. The van der Waals surface area contributed by atoms with E-state index in [0.29, 0.717) is 11.4 Å². The second kappa shape index (κ2) is 7.33. The van der Waals surface area contributed by atoms with Gasteiger partial charge in [-0.15, -0.1) is 0 Å². The first-order valence-electron chi connectivity index (χ1n) is 8.33. The van der Waals surface area contributed by atoms with Crippen LogP contribution in [0, 0.1) is 13.8 Å². The molecule has 0 aromatic heterocycles. The molecule has 1 aliphatic rings. The molecule has 2 aromatic rings. The quantitative estimate of drug-likeness (QED) is 0.810. The summed E-state index contributed by atoms with van der Waals surface area (Å²) in [6.45, 7) is 3.73. The van der Waals surface area contributed by atoms with Crippen LogP contribution in [0.1, 0.15) is 11.1 Å². The number of sulfone groups is 1. The summed E-state index contributed by atoms with van der Waals surface area (Å²) in [5.41, 5.74) is 2.69. The summed E-state index contributed by atoms with van der Waals surface area (Å²) in [5, 5.41) is 1.18. The van der Waals surface area contributed by atoms with Gasteiger partial charge in [0.2, 0.25) is 0 Å². The number of aryl methyl sites for hydroxylation is 2. The van der Waals surface area contributed by atoms with Crippen LogP contribution in [0.15, 0.2) is 60.0 Å². The third-order valence-electron chi connectivity index (χ3n) is 4.10. The van der Waals surface area contributed by atoms with E-state index in [9.17, 15) is 13.2 Å². The van der Waals surface area contributed by atoms with Gasteiger partial charge in [-0.2, -0.15) is 0 Å². The van der Waals surface area contributed by atoms with E-state index in [-0.39, 0.29) is 18.3 Å². The van der Waals surface area contributed by atoms with Crippen LogP contribution in [0.3, 0.4) is 0 Å². The van der Waals surface area contributed by atoms with Crippen LogP contribution in [-0.2, 0) is 14.6 Å². The first-order chi connectivity index (χ1) is 12.3. The van der Waals surface area contributed by atoms with E-state index in [4.69, 9.17) is 4.74 Å². The third-order valence-corrected chi connectivity index (χ3v) is 5.48. The van der Waals surface area contributed by atoms with Gasteiger partial charge in [-0.1, -0.05) is 24.3 Å². The molecule has 1 amide bonds. The average molecular weight is 371 g/mol. The summed E-state index contributed by atoms with van der Waals surface area (Å²) in [4.78, 5) is 14.4. The molecule has 0 fully saturated rings. The molecule has 1 aliphatic heterocycles. The van der Waals surface area contributed by atoms with Crippen LogP contribution in [0.4, 0.5) is 5.69 Å². The van der Waals surface area contributed by atoms with Gasteiger partial charge in [0.15, 0.2) is 16.4 Å². The van der Waals surface area contributed by atoms with E-state index >= 15 is 0 Å². The van der Waals surface area contributed by atoms with Crippen molar-refractivity contribution in [1.82, 2.24) is 0 Å². The monoisotopic (exact) mass is 371 g/mol. The molecular formula is C20H21NO4S. The maximum absolute atomic E-state index is 12.9. The molecule has 0 bridgehead atoms. The number of amides is 1. The van der Waals surface area contributed by atoms with Gasteiger partial charge in [0.05, 0.1) is 11.8 Å². The Morgan fingerprint density at radius 3 is 2.35 bits per heavy atom. The molecule has 1 heterocycles. The van der Waals surface area contributed by atoms with Crippen molar-refractivity contribution < 1.29 is 17.9 Å². The predicted octanol–water partition coefficient (Wildman–Crippen LogP) is 3.03. The lowest BCUT2D eigenvalue weighted by Crippen LogP contribution is -2.43. The molecule has 0 saturated carbocycles. The highest BCUT2D eigenvalue weighted by Crippen LogP contribution is 2.25. The zero-order chi connectivity index (χ0) is 18.7. The summed E-state index contributed by atoms with van der Waals surface area (Å²) in [7, 11) is -3.28. The van der Waals surface area contributed by atoms with Crippen molar-refractivity contribution in [2.24, 2.45) is 0 Å². The summed E-state index contributed by atoms with van der Waals surface area (Å²) in [6.07, 6.45) is 1.56. The minimum absolute atomic E-state index is 0.114. The third kappa shape index (κ3) is 4.32. The van der Waals surface area contributed by atoms with E-state index in [2.05, 4.69) is 0 Å². The Bertz CT molecular complexity index is 915. The molecule has 136 valence electrons. The number of carbonyl (C=O) groups is 1. The van der Waals surface area contributed by atoms with E-state index < -0.39 is 15.9 Å². The largest absolute Gasteiger partial charge is 0.484 e. The topological polar surface area (TPSA) is 63.7 Å². The fraction of sp³-hybridized carbons (Fsp3) is 0.250. The number of ether oxygens (including phenoxy) is 1. The molecule has 3 rings (SSSR count). The molecular weight excluding hydrogens is 350 g/mol. The summed E-state index contributed by atoms with van der Waals surface area (Å²) in [6, 6.07) is 14.3. The molecule has 1 unspecified atom stereocenters. The fourth-order valence-electron chi connectivity index (χ4n) is 3.06. The lowest BCUT2D eigenvalue weighted by molar-refractivity contribution is -0.120. The molecule has 0 aliphatic carbocycles. The highest BCUT2D eigenvalue weighted by Gasteiger charge is 2.31. The van der Waals surface area contributed by atoms with Gasteiger partial charge in [0.25, 0.3) is 5.91 Å². The zero-order valence-electron chi connectivity index (χ0n) is 14.8. The molecule has 0 N–H and O–H groups in total. The van der Waals surface area contributed by atoms with Crippen molar-refractivity contribution in [3.05, 3.63) is 71.1 Å².